The van der Waals surface area contributed by atoms with E-state index in [1.807, 2.05) is 55.5 Å². The monoisotopic (exact) mass is 442 g/mol. The van der Waals surface area contributed by atoms with E-state index in [-0.39, 0.29) is 18.2 Å². The van der Waals surface area contributed by atoms with Gasteiger partial charge in [0.25, 0.3) is 0 Å². The van der Waals surface area contributed by atoms with Gasteiger partial charge in [-0.3, -0.25) is 9.59 Å². The zero-order valence-corrected chi connectivity index (χ0v) is 17.3. The van der Waals surface area contributed by atoms with Crippen LogP contribution >= 0.6 is 15.9 Å². The van der Waals surface area contributed by atoms with E-state index in [1.165, 1.54) is 0 Å². The number of hydrogen-bond donors (Lipinski definition) is 2. The van der Waals surface area contributed by atoms with Gasteiger partial charge in [0.05, 0.1) is 18.6 Å². The van der Waals surface area contributed by atoms with Crippen molar-refractivity contribution >= 4 is 27.7 Å². The van der Waals surface area contributed by atoms with Crippen molar-refractivity contribution in [2.75, 3.05) is 13.2 Å². The largest absolute Gasteiger partial charge is 0.376 e. The molecule has 0 radical (unpaired) electrons. The first-order valence-corrected chi connectivity index (χ1v) is 10.3. The molecule has 2 aromatic rings. The van der Waals surface area contributed by atoms with Gasteiger partial charge in [-0.2, -0.15) is 0 Å². The molecule has 5 nitrogen and oxygen atoms in total. The van der Waals surface area contributed by atoms with Gasteiger partial charge in [0.15, 0.2) is 0 Å². The summed E-state index contributed by atoms with van der Waals surface area (Å²) in [6.07, 6.45) is 0.653. The van der Waals surface area contributed by atoms with Gasteiger partial charge < -0.3 is 15.4 Å². The molecule has 2 N–H and O–H groups in total. The van der Waals surface area contributed by atoms with Crippen LogP contribution in [0.3, 0.4) is 0 Å². The van der Waals surface area contributed by atoms with E-state index in [4.69, 9.17) is 4.74 Å². The lowest BCUT2D eigenvalue weighted by atomic mass is 9.65. The lowest BCUT2D eigenvalue weighted by molar-refractivity contribution is -0.145. The van der Waals surface area contributed by atoms with Gasteiger partial charge in [0, 0.05) is 17.4 Å². The summed E-state index contributed by atoms with van der Waals surface area (Å²) in [5.41, 5.74) is 1.65. The van der Waals surface area contributed by atoms with Crippen LogP contribution in [0.2, 0.25) is 0 Å². The highest BCUT2D eigenvalue weighted by Crippen LogP contribution is 2.46. The van der Waals surface area contributed by atoms with Crippen LogP contribution in [0, 0.1) is 0 Å². The van der Waals surface area contributed by atoms with Gasteiger partial charge in [-0.05, 0) is 35.2 Å². The average Bonchev–Trinajstić information content (AvgIpc) is 2.68. The summed E-state index contributed by atoms with van der Waals surface area (Å²) in [5, 5.41) is 6.13. The van der Waals surface area contributed by atoms with Crippen LogP contribution in [0.1, 0.15) is 36.5 Å². The minimum Gasteiger partial charge on any atom is -0.376 e. The highest BCUT2D eigenvalue weighted by Gasteiger charge is 2.55. The quantitative estimate of drug-likeness (QED) is 0.746. The van der Waals surface area contributed by atoms with Crippen molar-refractivity contribution in [2.24, 2.45) is 0 Å². The summed E-state index contributed by atoms with van der Waals surface area (Å²) in [7, 11) is 0. The summed E-state index contributed by atoms with van der Waals surface area (Å²) in [6.45, 7) is 3.34. The zero-order chi connectivity index (χ0) is 19.8. The third kappa shape index (κ3) is 3.14. The highest BCUT2D eigenvalue weighted by atomic mass is 79.9. The van der Waals surface area contributed by atoms with Crippen molar-refractivity contribution in [3.63, 3.8) is 0 Å². The number of fused-ring (bicyclic) bond motifs is 2. The summed E-state index contributed by atoms with van der Waals surface area (Å²) in [4.78, 5) is 26.1. The standard InChI is InChI=1S/C22H23BrN2O3/c1-2-21(11-19(26)24-12-15-6-4-3-5-7-15)18-10-16(23)8-9-17(18)22(13-28-14-22)25-20(21)27/h3-10H,2,11-14H2,1H3,(H,24,26)(H,25,27). The molecule has 1 unspecified atom stereocenters. The summed E-state index contributed by atoms with van der Waals surface area (Å²) in [6, 6.07) is 15.8. The van der Waals surface area contributed by atoms with Crippen LogP contribution in [-0.2, 0) is 31.8 Å². The Bertz CT molecular complexity index is 911. The number of amides is 2. The molecule has 0 saturated carbocycles. The number of benzene rings is 2. The normalized spacial score (nSPS) is 22.1. The molecule has 1 saturated heterocycles. The van der Waals surface area contributed by atoms with Crippen LogP contribution < -0.4 is 10.6 Å². The molecule has 1 fully saturated rings. The van der Waals surface area contributed by atoms with E-state index in [0.717, 1.165) is 21.2 Å². The Labute approximate surface area is 173 Å². The fourth-order valence-electron chi connectivity index (χ4n) is 4.17. The molecule has 2 aliphatic heterocycles. The molecule has 0 aliphatic carbocycles. The van der Waals surface area contributed by atoms with Crippen LogP contribution in [-0.4, -0.2) is 25.0 Å². The van der Waals surface area contributed by atoms with E-state index in [9.17, 15) is 9.59 Å². The molecule has 0 bridgehead atoms. The van der Waals surface area contributed by atoms with Crippen molar-refractivity contribution in [2.45, 2.75) is 37.3 Å². The zero-order valence-electron chi connectivity index (χ0n) is 15.8. The van der Waals surface area contributed by atoms with Crippen LogP contribution in [0.15, 0.2) is 53.0 Å². The second kappa shape index (κ2) is 7.33. The summed E-state index contributed by atoms with van der Waals surface area (Å²) in [5.74, 6) is -0.230. The number of nitrogens with one attached hydrogen (secondary N) is 2. The fourth-order valence-corrected chi connectivity index (χ4v) is 4.54. The van der Waals surface area contributed by atoms with Crippen molar-refractivity contribution in [3.8, 4) is 0 Å². The lowest BCUT2D eigenvalue weighted by Gasteiger charge is -2.51. The molecule has 146 valence electrons. The maximum absolute atomic E-state index is 13.3. The van der Waals surface area contributed by atoms with Crippen molar-refractivity contribution in [3.05, 3.63) is 69.7 Å². The Hall–Kier alpha value is -2.18. The Kier molecular flexibility index (Phi) is 5.02. The number of hydrogen-bond acceptors (Lipinski definition) is 3. The molecule has 2 heterocycles. The van der Waals surface area contributed by atoms with E-state index in [1.54, 1.807) is 0 Å². The maximum Gasteiger partial charge on any atom is 0.232 e. The molecule has 2 aromatic carbocycles. The van der Waals surface area contributed by atoms with Crippen LogP contribution in [0.5, 0.6) is 0 Å². The second-order valence-electron chi connectivity index (χ2n) is 7.59. The van der Waals surface area contributed by atoms with Gasteiger partial charge in [-0.25, -0.2) is 0 Å². The Morgan fingerprint density at radius 2 is 1.93 bits per heavy atom. The Morgan fingerprint density at radius 3 is 2.57 bits per heavy atom. The third-order valence-corrected chi connectivity index (χ3v) is 6.39. The molecule has 2 aliphatic rings. The SMILES string of the molecule is CCC1(CC(=O)NCc2ccccc2)C(=O)NC2(COC2)c2ccc(Br)cc21. The number of ether oxygens (including phenoxy) is 1. The van der Waals surface area contributed by atoms with Crippen molar-refractivity contribution < 1.29 is 14.3 Å². The molecule has 1 spiro atoms. The lowest BCUT2D eigenvalue weighted by Crippen LogP contribution is -2.67. The summed E-state index contributed by atoms with van der Waals surface area (Å²) >= 11 is 3.53. The first kappa shape index (κ1) is 19.2. The van der Waals surface area contributed by atoms with Gasteiger partial charge in [0.2, 0.25) is 11.8 Å². The fraction of sp³-hybridized carbons (Fsp3) is 0.364. The molecule has 28 heavy (non-hydrogen) atoms. The topological polar surface area (TPSA) is 67.4 Å². The van der Waals surface area contributed by atoms with E-state index in [0.29, 0.717) is 26.2 Å². The predicted molar refractivity (Wildman–Crippen MR) is 110 cm³/mol. The Morgan fingerprint density at radius 1 is 1.18 bits per heavy atom. The number of carbonyl (C=O) groups is 2. The molecule has 0 aromatic heterocycles. The van der Waals surface area contributed by atoms with Crippen LogP contribution in [0.25, 0.3) is 0 Å². The molecular formula is C22H23BrN2O3. The molecule has 4 rings (SSSR count). The molecule has 1 atom stereocenters. The van der Waals surface area contributed by atoms with Crippen molar-refractivity contribution in [1.29, 1.82) is 0 Å². The predicted octanol–water partition coefficient (Wildman–Crippen LogP) is 3.16. The first-order valence-electron chi connectivity index (χ1n) is 9.51. The number of halogens is 1. The Balaban J connectivity index is 1.63. The van der Waals surface area contributed by atoms with Gasteiger partial charge in [-0.15, -0.1) is 0 Å². The average molecular weight is 443 g/mol. The smallest absolute Gasteiger partial charge is 0.232 e. The third-order valence-electron chi connectivity index (χ3n) is 5.90. The molecule has 2 amide bonds. The van der Waals surface area contributed by atoms with E-state index in [2.05, 4.69) is 26.6 Å². The number of rotatable bonds is 5. The van der Waals surface area contributed by atoms with E-state index < -0.39 is 11.0 Å². The van der Waals surface area contributed by atoms with Gasteiger partial charge >= 0.3 is 0 Å². The molecular weight excluding hydrogens is 420 g/mol. The second-order valence-corrected chi connectivity index (χ2v) is 8.51. The minimum absolute atomic E-state index is 0.0984. The highest BCUT2D eigenvalue weighted by molar-refractivity contribution is 9.10. The van der Waals surface area contributed by atoms with Gasteiger partial charge in [-0.1, -0.05) is 59.3 Å². The van der Waals surface area contributed by atoms with Gasteiger partial charge in [0.1, 0.15) is 5.54 Å². The van der Waals surface area contributed by atoms with Crippen molar-refractivity contribution in [1.82, 2.24) is 10.6 Å². The summed E-state index contributed by atoms with van der Waals surface area (Å²) < 4.78 is 6.32. The minimum atomic E-state index is -0.888. The first-order chi connectivity index (χ1) is 13.5. The van der Waals surface area contributed by atoms with Crippen LogP contribution in [0.4, 0.5) is 0 Å². The number of carbonyl (C=O) groups excluding carboxylic acids is 2. The molecule has 6 heteroatoms. The van der Waals surface area contributed by atoms with E-state index >= 15 is 0 Å². The maximum atomic E-state index is 13.3.